The molecule has 1 aromatic rings. The Balaban J connectivity index is 3.13. The third-order valence-corrected chi connectivity index (χ3v) is 2.72. The summed E-state index contributed by atoms with van der Waals surface area (Å²) in [4.78, 5) is 13.1. The highest BCUT2D eigenvalue weighted by Crippen LogP contribution is 2.21. The number of benzene rings is 1. The number of amides is 1. The van der Waals surface area contributed by atoms with Crippen LogP contribution in [0.2, 0.25) is 0 Å². The van der Waals surface area contributed by atoms with Crippen LogP contribution in [0, 0.1) is 23.0 Å². The van der Waals surface area contributed by atoms with Crippen molar-refractivity contribution in [1.82, 2.24) is 4.90 Å². The second-order valence-electron chi connectivity index (χ2n) is 3.63. The summed E-state index contributed by atoms with van der Waals surface area (Å²) in [5.74, 6) is -2.68. The molecule has 0 saturated carbocycles. The molecule has 96 valence electrons. The number of carbonyl (C=O) groups is 1. The van der Waals surface area contributed by atoms with Crippen LogP contribution in [0.1, 0.15) is 23.7 Å². The number of nitrogens with zero attached hydrogens (tertiary/aromatic N) is 2. The Bertz CT molecular complexity index is 476. The van der Waals surface area contributed by atoms with E-state index in [1.54, 1.807) is 6.07 Å². The zero-order valence-corrected chi connectivity index (χ0v) is 11.3. The van der Waals surface area contributed by atoms with E-state index in [2.05, 4.69) is 15.9 Å². The summed E-state index contributed by atoms with van der Waals surface area (Å²) in [5, 5.41) is 8.60. The maximum atomic E-state index is 13.6. The predicted octanol–water partition coefficient (Wildman–Crippen LogP) is 3.10. The standard InChI is InChI=1S/C12H11BrF2N2O/c1-2-4-17(5-3-16)12(18)11-9(14)6-8(13)7-10(11)15/h6-7H,2,4-5H2,1H3. The fourth-order valence-corrected chi connectivity index (χ4v) is 1.91. The van der Waals surface area contributed by atoms with E-state index in [1.165, 1.54) is 0 Å². The van der Waals surface area contributed by atoms with E-state index in [4.69, 9.17) is 5.26 Å². The van der Waals surface area contributed by atoms with Crippen LogP contribution in [0.3, 0.4) is 0 Å². The lowest BCUT2D eigenvalue weighted by molar-refractivity contribution is 0.0766. The van der Waals surface area contributed by atoms with Crippen LogP contribution in [0.4, 0.5) is 8.78 Å². The van der Waals surface area contributed by atoms with Crippen molar-refractivity contribution in [2.75, 3.05) is 13.1 Å². The Morgan fingerprint density at radius 1 is 1.44 bits per heavy atom. The summed E-state index contributed by atoms with van der Waals surface area (Å²) in [6, 6.07) is 3.85. The molecule has 0 atom stereocenters. The van der Waals surface area contributed by atoms with E-state index in [9.17, 15) is 13.6 Å². The molecule has 0 bridgehead atoms. The van der Waals surface area contributed by atoms with Gasteiger partial charge in [-0.3, -0.25) is 4.79 Å². The van der Waals surface area contributed by atoms with Gasteiger partial charge < -0.3 is 4.90 Å². The Morgan fingerprint density at radius 2 is 2.00 bits per heavy atom. The van der Waals surface area contributed by atoms with Gasteiger partial charge in [0.05, 0.1) is 6.07 Å². The number of hydrogen-bond donors (Lipinski definition) is 0. The summed E-state index contributed by atoms with van der Waals surface area (Å²) in [5.41, 5.74) is -0.623. The SMILES string of the molecule is CCCN(CC#N)C(=O)c1c(F)cc(Br)cc1F. The minimum atomic E-state index is -0.939. The normalized spacial score (nSPS) is 9.94. The van der Waals surface area contributed by atoms with Gasteiger partial charge in [-0.2, -0.15) is 5.26 Å². The summed E-state index contributed by atoms with van der Waals surface area (Å²) in [6.07, 6.45) is 0.604. The fourth-order valence-electron chi connectivity index (χ4n) is 1.51. The van der Waals surface area contributed by atoms with Gasteiger partial charge in [-0.25, -0.2) is 8.78 Å². The lowest BCUT2D eigenvalue weighted by atomic mass is 10.1. The smallest absolute Gasteiger partial charge is 0.260 e. The van der Waals surface area contributed by atoms with Gasteiger partial charge in [0.1, 0.15) is 23.7 Å². The largest absolute Gasteiger partial charge is 0.325 e. The van der Waals surface area contributed by atoms with Crippen LogP contribution in [-0.2, 0) is 0 Å². The molecule has 0 saturated heterocycles. The summed E-state index contributed by atoms with van der Waals surface area (Å²) in [7, 11) is 0. The maximum Gasteiger partial charge on any atom is 0.260 e. The lowest BCUT2D eigenvalue weighted by Crippen LogP contribution is -2.33. The predicted molar refractivity (Wildman–Crippen MR) is 65.9 cm³/mol. The maximum absolute atomic E-state index is 13.6. The molecule has 0 N–H and O–H groups in total. The average molecular weight is 317 g/mol. The van der Waals surface area contributed by atoms with Crippen LogP contribution in [0.25, 0.3) is 0 Å². The van der Waals surface area contributed by atoms with E-state index >= 15 is 0 Å². The van der Waals surface area contributed by atoms with E-state index in [0.29, 0.717) is 6.42 Å². The molecule has 1 rings (SSSR count). The minimum absolute atomic E-state index is 0.193. The molecule has 18 heavy (non-hydrogen) atoms. The molecular formula is C12H11BrF2N2O. The Hall–Kier alpha value is -1.48. The van der Waals surface area contributed by atoms with Crippen molar-refractivity contribution < 1.29 is 13.6 Å². The van der Waals surface area contributed by atoms with Gasteiger partial charge in [-0.15, -0.1) is 0 Å². The molecule has 0 aliphatic heterocycles. The van der Waals surface area contributed by atoms with Gasteiger partial charge in [0.15, 0.2) is 0 Å². The average Bonchev–Trinajstić information content (AvgIpc) is 2.27. The lowest BCUT2D eigenvalue weighted by Gasteiger charge is -2.19. The van der Waals surface area contributed by atoms with Crippen molar-refractivity contribution in [1.29, 1.82) is 5.26 Å². The van der Waals surface area contributed by atoms with E-state index in [-0.39, 0.29) is 17.6 Å². The van der Waals surface area contributed by atoms with Crippen LogP contribution in [0.15, 0.2) is 16.6 Å². The Labute approximate surface area is 112 Å². The van der Waals surface area contributed by atoms with Gasteiger partial charge in [-0.05, 0) is 18.6 Å². The first-order valence-electron chi connectivity index (χ1n) is 5.32. The summed E-state index contributed by atoms with van der Waals surface area (Å²) in [6.45, 7) is 1.90. The van der Waals surface area contributed by atoms with Gasteiger partial charge >= 0.3 is 0 Å². The van der Waals surface area contributed by atoms with Crippen LogP contribution in [0.5, 0.6) is 0 Å². The number of halogens is 3. The fraction of sp³-hybridized carbons (Fsp3) is 0.333. The van der Waals surface area contributed by atoms with Crippen LogP contribution in [-0.4, -0.2) is 23.9 Å². The third-order valence-electron chi connectivity index (χ3n) is 2.26. The van der Waals surface area contributed by atoms with Crippen molar-refractivity contribution in [3.8, 4) is 6.07 Å². The van der Waals surface area contributed by atoms with Crippen molar-refractivity contribution in [3.63, 3.8) is 0 Å². The topological polar surface area (TPSA) is 44.1 Å². The van der Waals surface area contributed by atoms with Gasteiger partial charge in [0.25, 0.3) is 5.91 Å². The number of rotatable bonds is 4. The first-order valence-corrected chi connectivity index (χ1v) is 6.11. The first-order chi connectivity index (χ1) is 8.51. The van der Waals surface area contributed by atoms with Gasteiger partial charge in [0.2, 0.25) is 0 Å². The monoisotopic (exact) mass is 316 g/mol. The highest BCUT2D eigenvalue weighted by molar-refractivity contribution is 9.10. The molecule has 0 aliphatic rings. The highest BCUT2D eigenvalue weighted by atomic mass is 79.9. The van der Waals surface area contributed by atoms with Crippen LogP contribution >= 0.6 is 15.9 Å². The zero-order chi connectivity index (χ0) is 13.7. The Morgan fingerprint density at radius 3 is 2.44 bits per heavy atom. The molecule has 0 aromatic heterocycles. The van der Waals surface area contributed by atoms with E-state index < -0.39 is 23.1 Å². The molecule has 0 unspecified atom stereocenters. The molecule has 1 aromatic carbocycles. The number of hydrogen-bond acceptors (Lipinski definition) is 2. The van der Waals surface area contributed by atoms with Crippen molar-refractivity contribution in [2.24, 2.45) is 0 Å². The molecule has 0 heterocycles. The third kappa shape index (κ3) is 3.26. The number of nitriles is 1. The van der Waals surface area contributed by atoms with Crippen LogP contribution < -0.4 is 0 Å². The van der Waals surface area contributed by atoms with Crippen molar-refractivity contribution in [3.05, 3.63) is 33.8 Å². The summed E-state index contributed by atoms with van der Waals surface area (Å²) < 4.78 is 27.4. The molecule has 3 nitrogen and oxygen atoms in total. The molecule has 6 heteroatoms. The quantitative estimate of drug-likeness (QED) is 0.801. The minimum Gasteiger partial charge on any atom is -0.325 e. The van der Waals surface area contributed by atoms with E-state index in [1.807, 2.05) is 6.92 Å². The molecule has 0 aliphatic carbocycles. The number of carbonyl (C=O) groups excluding carboxylic acids is 1. The zero-order valence-electron chi connectivity index (χ0n) is 9.71. The molecular weight excluding hydrogens is 306 g/mol. The molecule has 0 radical (unpaired) electrons. The molecule has 0 fully saturated rings. The van der Waals surface area contributed by atoms with Gasteiger partial charge in [-0.1, -0.05) is 22.9 Å². The second-order valence-corrected chi connectivity index (χ2v) is 4.54. The molecule has 0 spiro atoms. The first kappa shape index (κ1) is 14.6. The van der Waals surface area contributed by atoms with E-state index in [0.717, 1.165) is 17.0 Å². The second kappa shape index (κ2) is 6.45. The Kier molecular flexibility index (Phi) is 5.23. The van der Waals surface area contributed by atoms with Gasteiger partial charge in [0, 0.05) is 11.0 Å². The van der Waals surface area contributed by atoms with Crippen molar-refractivity contribution in [2.45, 2.75) is 13.3 Å². The van der Waals surface area contributed by atoms with Crippen molar-refractivity contribution >= 4 is 21.8 Å². The summed E-state index contributed by atoms with van der Waals surface area (Å²) >= 11 is 2.94. The highest BCUT2D eigenvalue weighted by Gasteiger charge is 2.23. The molecule has 1 amide bonds.